The minimum atomic E-state index is -0.455. The van der Waals surface area contributed by atoms with Crippen LogP contribution in [0.15, 0.2) is 24.3 Å². The first kappa shape index (κ1) is 26.0. The molecule has 2 aromatic rings. The number of amides is 2. The highest BCUT2D eigenvalue weighted by molar-refractivity contribution is 5.87. The van der Waals surface area contributed by atoms with Crippen molar-refractivity contribution in [2.75, 3.05) is 26.8 Å². The van der Waals surface area contributed by atoms with Crippen molar-refractivity contribution in [1.82, 2.24) is 14.4 Å². The number of benzene rings is 1. The maximum atomic E-state index is 13.7. The monoisotopic (exact) mass is 494 g/mol. The van der Waals surface area contributed by atoms with E-state index in [0.29, 0.717) is 31.7 Å². The van der Waals surface area contributed by atoms with E-state index in [2.05, 4.69) is 30.6 Å². The molecule has 0 unspecified atom stereocenters. The van der Waals surface area contributed by atoms with Crippen molar-refractivity contribution in [2.45, 2.75) is 83.5 Å². The number of carbonyl (C=O) groups is 2. The minimum Gasteiger partial charge on any atom is -0.449 e. The molecule has 0 radical (unpaired) electrons. The molecule has 36 heavy (non-hydrogen) atoms. The number of nitriles is 1. The quantitative estimate of drug-likeness (QED) is 0.480. The van der Waals surface area contributed by atoms with Gasteiger partial charge in [0.05, 0.1) is 24.3 Å². The molecule has 1 aromatic heterocycles. The van der Waals surface area contributed by atoms with E-state index in [4.69, 9.17) is 9.47 Å². The van der Waals surface area contributed by atoms with Gasteiger partial charge in [0.2, 0.25) is 5.91 Å². The van der Waals surface area contributed by atoms with Crippen LogP contribution in [0.1, 0.15) is 63.6 Å². The molecule has 0 saturated carbocycles. The Kier molecular flexibility index (Phi) is 8.52. The fourth-order valence-electron chi connectivity index (χ4n) is 5.68. The van der Waals surface area contributed by atoms with Crippen molar-refractivity contribution in [2.24, 2.45) is 0 Å². The van der Waals surface area contributed by atoms with Gasteiger partial charge in [-0.15, -0.1) is 0 Å². The average Bonchev–Trinajstić information content (AvgIpc) is 3.63. The Balaban J connectivity index is 1.47. The van der Waals surface area contributed by atoms with Gasteiger partial charge < -0.3 is 18.9 Å². The fraction of sp³-hybridized carbons (Fsp3) is 0.607. The summed E-state index contributed by atoms with van der Waals surface area (Å²) >= 11 is 0. The lowest BCUT2D eigenvalue weighted by Crippen LogP contribution is -2.49. The van der Waals surface area contributed by atoms with E-state index < -0.39 is 6.04 Å². The summed E-state index contributed by atoms with van der Waals surface area (Å²) in [7, 11) is 1.70. The molecule has 2 aliphatic heterocycles. The topological polar surface area (TPSA) is 87.8 Å². The summed E-state index contributed by atoms with van der Waals surface area (Å²) in [5, 5.41) is 10.4. The summed E-state index contributed by atoms with van der Waals surface area (Å²) < 4.78 is 13.3. The molecule has 4 rings (SSSR count). The largest absolute Gasteiger partial charge is 0.449 e. The van der Waals surface area contributed by atoms with E-state index in [-0.39, 0.29) is 24.1 Å². The van der Waals surface area contributed by atoms with Crippen LogP contribution in [0.25, 0.3) is 10.9 Å². The van der Waals surface area contributed by atoms with Crippen LogP contribution in [0.5, 0.6) is 0 Å². The van der Waals surface area contributed by atoms with E-state index in [1.807, 2.05) is 23.1 Å². The van der Waals surface area contributed by atoms with Gasteiger partial charge in [0.25, 0.3) is 0 Å². The number of hydrogen-bond acceptors (Lipinski definition) is 5. The molecule has 0 spiro atoms. The molecule has 8 nitrogen and oxygen atoms in total. The molecular formula is C28H38N4O4. The Bertz CT molecular complexity index is 1120. The first-order valence-electron chi connectivity index (χ1n) is 13.3. The lowest BCUT2D eigenvalue weighted by atomic mass is 10.1. The summed E-state index contributed by atoms with van der Waals surface area (Å²) in [5.41, 5.74) is 2.94. The lowest BCUT2D eigenvalue weighted by molar-refractivity contribution is -0.136. The molecule has 0 N–H and O–H groups in total. The van der Waals surface area contributed by atoms with Gasteiger partial charge >= 0.3 is 6.09 Å². The van der Waals surface area contributed by atoms with E-state index in [0.717, 1.165) is 56.0 Å². The van der Waals surface area contributed by atoms with Crippen LogP contribution in [0.3, 0.4) is 0 Å². The van der Waals surface area contributed by atoms with E-state index in [9.17, 15) is 14.9 Å². The molecular weight excluding hydrogens is 456 g/mol. The van der Waals surface area contributed by atoms with Gasteiger partial charge in [-0.3, -0.25) is 9.69 Å². The van der Waals surface area contributed by atoms with Crippen molar-refractivity contribution in [3.05, 3.63) is 35.5 Å². The number of carbonyl (C=O) groups excluding carboxylic acids is 2. The van der Waals surface area contributed by atoms with Crippen LogP contribution in [0.4, 0.5) is 4.79 Å². The Morgan fingerprint density at radius 1 is 1.19 bits per heavy atom. The van der Waals surface area contributed by atoms with Gasteiger partial charge in [-0.05, 0) is 69.0 Å². The Hall–Kier alpha value is -3.05. The molecule has 3 heterocycles. The highest BCUT2D eigenvalue weighted by Gasteiger charge is 2.43. The number of methoxy groups -OCH3 is 1. The van der Waals surface area contributed by atoms with E-state index >= 15 is 0 Å². The van der Waals surface area contributed by atoms with Crippen molar-refractivity contribution in [3.63, 3.8) is 0 Å². The molecule has 194 valence electrons. The van der Waals surface area contributed by atoms with Crippen LogP contribution in [-0.4, -0.2) is 71.4 Å². The van der Waals surface area contributed by atoms with Crippen LogP contribution >= 0.6 is 0 Å². The third-order valence-electron chi connectivity index (χ3n) is 7.66. The van der Waals surface area contributed by atoms with Gasteiger partial charge in [0.1, 0.15) is 6.04 Å². The highest BCUT2D eigenvalue weighted by atomic mass is 16.6. The minimum absolute atomic E-state index is 0.000489. The summed E-state index contributed by atoms with van der Waals surface area (Å²) in [4.78, 5) is 29.9. The van der Waals surface area contributed by atoms with Crippen LogP contribution < -0.4 is 0 Å². The van der Waals surface area contributed by atoms with Crippen LogP contribution in [0.2, 0.25) is 0 Å². The Labute approximate surface area is 213 Å². The number of likely N-dealkylation sites (tertiary alicyclic amines) is 2. The molecule has 0 aliphatic carbocycles. The van der Waals surface area contributed by atoms with Crippen molar-refractivity contribution >= 4 is 22.9 Å². The van der Waals surface area contributed by atoms with Gasteiger partial charge in [0.15, 0.2) is 0 Å². The van der Waals surface area contributed by atoms with Gasteiger partial charge in [0, 0.05) is 44.0 Å². The number of hydrogen-bond donors (Lipinski definition) is 0. The van der Waals surface area contributed by atoms with Gasteiger partial charge in [-0.2, -0.15) is 5.26 Å². The van der Waals surface area contributed by atoms with E-state index in [1.54, 1.807) is 12.0 Å². The first-order valence-corrected chi connectivity index (χ1v) is 13.3. The second-order valence-electron chi connectivity index (χ2n) is 9.86. The van der Waals surface area contributed by atoms with Crippen LogP contribution in [-0.2, 0) is 27.2 Å². The molecule has 8 heteroatoms. The Morgan fingerprint density at radius 2 is 2.03 bits per heavy atom. The zero-order valence-corrected chi connectivity index (χ0v) is 21.7. The maximum Gasteiger partial charge on any atom is 0.410 e. The standard InChI is InChI=1S/C28H38N4O4/c1-4-6-14-36-28(34)31-13-7-8-25(31)27(33)32-19-24(35-3)17-23(32)12-11-22-16-21-10-9-20(18-29)15-26(21)30(22)5-2/h9-10,15-16,23-25H,4-8,11-14,17,19H2,1-3H3/t23-,24-,25+/m0/s1. The molecule has 3 atom stereocenters. The smallest absolute Gasteiger partial charge is 0.410 e. The predicted molar refractivity (Wildman–Crippen MR) is 138 cm³/mol. The zero-order valence-electron chi connectivity index (χ0n) is 21.7. The number of fused-ring (bicyclic) bond motifs is 1. The molecule has 2 aliphatic rings. The van der Waals surface area contributed by atoms with Crippen LogP contribution in [0, 0.1) is 11.3 Å². The number of aryl methyl sites for hydroxylation is 2. The number of aromatic nitrogens is 1. The first-order chi connectivity index (χ1) is 17.5. The summed E-state index contributed by atoms with van der Waals surface area (Å²) in [5.74, 6) is 0.0131. The number of rotatable bonds is 9. The van der Waals surface area contributed by atoms with Crippen molar-refractivity contribution < 1.29 is 19.1 Å². The van der Waals surface area contributed by atoms with Crippen molar-refractivity contribution in [3.8, 4) is 6.07 Å². The second-order valence-corrected chi connectivity index (χ2v) is 9.86. The number of ether oxygens (including phenoxy) is 2. The molecule has 1 aromatic carbocycles. The SMILES string of the molecule is CCCCOC(=O)N1CCC[C@@H]1C(=O)N1C[C@@H](OC)C[C@@H]1CCc1cc2ccc(C#N)cc2n1CC. The average molecular weight is 495 g/mol. The lowest BCUT2D eigenvalue weighted by Gasteiger charge is -2.31. The predicted octanol–water partition coefficient (Wildman–Crippen LogP) is 4.48. The van der Waals surface area contributed by atoms with E-state index in [1.165, 1.54) is 5.69 Å². The van der Waals surface area contributed by atoms with Crippen molar-refractivity contribution in [1.29, 1.82) is 5.26 Å². The highest BCUT2D eigenvalue weighted by Crippen LogP contribution is 2.30. The molecule has 2 amide bonds. The zero-order chi connectivity index (χ0) is 25.7. The third kappa shape index (κ3) is 5.36. The normalized spacial score (nSPS) is 21.8. The molecule has 0 bridgehead atoms. The Morgan fingerprint density at radius 3 is 2.75 bits per heavy atom. The third-order valence-corrected chi connectivity index (χ3v) is 7.66. The molecule has 2 fully saturated rings. The fourth-order valence-corrected chi connectivity index (χ4v) is 5.68. The number of nitrogens with zero attached hydrogens (tertiary/aromatic N) is 4. The molecule has 2 saturated heterocycles. The summed E-state index contributed by atoms with van der Waals surface area (Å²) in [6, 6.07) is 9.83. The van der Waals surface area contributed by atoms with Gasteiger partial charge in [-0.1, -0.05) is 19.4 Å². The second kappa shape index (κ2) is 11.8. The van der Waals surface area contributed by atoms with Gasteiger partial charge in [-0.25, -0.2) is 4.79 Å². The summed E-state index contributed by atoms with van der Waals surface area (Å²) in [6.07, 6.45) is 5.34. The summed E-state index contributed by atoms with van der Waals surface area (Å²) in [6.45, 7) is 6.50. The number of unbranched alkanes of at least 4 members (excludes halogenated alkanes) is 1. The maximum absolute atomic E-state index is 13.7.